The molecule has 2 atom stereocenters. The van der Waals surface area contributed by atoms with E-state index in [0.717, 1.165) is 51.4 Å². The average molecular weight is 902 g/mol. The number of carboxylic acids is 1. The predicted molar refractivity (Wildman–Crippen MR) is 268 cm³/mol. The highest BCUT2D eigenvalue weighted by atomic mass is 16.6. The van der Waals surface area contributed by atoms with Crippen molar-refractivity contribution in [1.82, 2.24) is 0 Å². The Labute approximate surface area is 395 Å². The number of carbonyl (C=O) groups excluding carboxylic acids is 3. The van der Waals surface area contributed by atoms with E-state index in [1.165, 1.54) is 167 Å². The Kier molecular flexibility index (Phi) is 45.3. The summed E-state index contributed by atoms with van der Waals surface area (Å²) in [5, 5.41) is 11.7. The Balaban J connectivity index is 4.21. The lowest BCUT2D eigenvalue weighted by Crippen LogP contribution is -2.55. The van der Waals surface area contributed by atoms with Crippen LogP contribution in [0.5, 0.6) is 0 Å². The first-order valence-corrected chi connectivity index (χ1v) is 27.0. The molecule has 0 spiro atoms. The summed E-state index contributed by atoms with van der Waals surface area (Å²) in [6.45, 7) is 4.68. The lowest BCUT2D eigenvalue weighted by molar-refractivity contribution is -0.889. The molecule has 0 aromatic rings. The van der Waals surface area contributed by atoms with Crippen LogP contribution < -0.4 is 5.11 Å². The average Bonchev–Trinajstić information content (AvgIpc) is 3.26. The summed E-state index contributed by atoms with van der Waals surface area (Å²) in [6.07, 6.45) is 56.0. The van der Waals surface area contributed by atoms with Gasteiger partial charge < -0.3 is 28.6 Å². The van der Waals surface area contributed by atoms with E-state index in [0.29, 0.717) is 12.8 Å². The fourth-order valence-electron chi connectivity index (χ4n) is 8.04. The van der Waals surface area contributed by atoms with Gasteiger partial charge in [-0.1, -0.05) is 198 Å². The summed E-state index contributed by atoms with van der Waals surface area (Å²) >= 11 is 0. The summed E-state index contributed by atoms with van der Waals surface area (Å²) < 4.78 is 17.3. The minimum Gasteiger partial charge on any atom is -0.544 e. The molecule has 0 aromatic heterocycles. The molecule has 0 aliphatic heterocycles. The van der Waals surface area contributed by atoms with Crippen molar-refractivity contribution in [3.05, 3.63) is 36.5 Å². The Bertz CT molecular complexity index is 1140. The number of ether oxygens (including phenoxy) is 3. The molecule has 8 nitrogen and oxygen atoms in total. The van der Waals surface area contributed by atoms with E-state index < -0.39 is 18.1 Å². The molecular formula is C56H103NO7. The van der Waals surface area contributed by atoms with Crippen molar-refractivity contribution < 1.29 is 38.2 Å². The van der Waals surface area contributed by atoms with Crippen LogP contribution in [-0.2, 0) is 28.6 Å². The van der Waals surface area contributed by atoms with Crippen LogP contribution in [0.25, 0.3) is 0 Å². The van der Waals surface area contributed by atoms with E-state index in [1.807, 2.05) is 0 Å². The van der Waals surface area contributed by atoms with Crippen molar-refractivity contribution in [2.24, 2.45) is 0 Å². The predicted octanol–water partition coefficient (Wildman–Crippen LogP) is 14.4. The maximum absolute atomic E-state index is 12.8. The molecule has 0 aliphatic carbocycles. The lowest BCUT2D eigenvalue weighted by atomic mass is 10.1. The van der Waals surface area contributed by atoms with Crippen molar-refractivity contribution >= 4 is 17.9 Å². The standard InChI is InChI=1S/C56H103NO7/c1-6-8-10-12-14-16-18-20-22-24-25-26-27-28-29-31-32-34-36-38-40-42-44-46-54(58)63-51-52(50-62-49-48-53(56(60)61)57(3,4)5)64-55(59)47-45-43-41-39-37-35-33-30-23-21-19-17-15-13-11-9-7-2/h21,23,25-26,28-29,52-53H,6-20,22,24,27,30-51H2,1-5H3/b23-21+,26-25+,29-28+. The lowest BCUT2D eigenvalue weighted by Gasteiger charge is -2.34. The van der Waals surface area contributed by atoms with E-state index >= 15 is 0 Å². The van der Waals surface area contributed by atoms with Gasteiger partial charge in [0.25, 0.3) is 0 Å². The van der Waals surface area contributed by atoms with Crippen LogP contribution in [0.4, 0.5) is 0 Å². The van der Waals surface area contributed by atoms with Crippen molar-refractivity contribution in [2.75, 3.05) is 41.0 Å². The van der Waals surface area contributed by atoms with Crippen LogP contribution in [0.3, 0.4) is 0 Å². The molecule has 0 bridgehead atoms. The number of carboxylic acid groups (broad SMARTS) is 1. The number of unbranched alkanes of at least 4 members (excludes halogenated alkanes) is 29. The van der Waals surface area contributed by atoms with Gasteiger partial charge in [-0.15, -0.1) is 0 Å². The molecule has 0 amide bonds. The van der Waals surface area contributed by atoms with Crippen molar-refractivity contribution in [2.45, 2.75) is 264 Å². The molecule has 0 radical (unpaired) electrons. The molecular weight excluding hydrogens is 799 g/mol. The van der Waals surface area contributed by atoms with E-state index in [9.17, 15) is 19.5 Å². The highest BCUT2D eigenvalue weighted by molar-refractivity contribution is 5.70. The fourth-order valence-corrected chi connectivity index (χ4v) is 8.04. The van der Waals surface area contributed by atoms with Gasteiger partial charge in [0, 0.05) is 19.3 Å². The molecule has 0 N–H and O–H groups in total. The molecule has 8 heteroatoms. The zero-order valence-corrected chi connectivity index (χ0v) is 42.7. The number of hydrogen-bond donors (Lipinski definition) is 0. The quantitative estimate of drug-likeness (QED) is 0.0259. The number of esters is 2. The first-order chi connectivity index (χ1) is 31.1. The Hall–Kier alpha value is -2.45. The zero-order valence-electron chi connectivity index (χ0n) is 42.7. The number of nitrogens with zero attached hydrogens (tertiary/aromatic N) is 1. The SMILES string of the molecule is CCCCCCCC/C=C/CCCCCCCCCC(=O)OC(COCCC(C(=O)[O-])[N+](C)(C)C)COC(=O)CCCCCCCCC/C=C/C/C=C/CCCCCCCCCCC. The summed E-state index contributed by atoms with van der Waals surface area (Å²) in [4.78, 5) is 37.1. The highest BCUT2D eigenvalue weighted by Gasteiger charge is 2.25. The molecule has 0 saturated heterocycles. The van der Waals surface area contributed by atoms with Gasteiger partial charge in [0.1, 0.15) is 12.6 Å². The normalized spacial score (nSPS) is 13.1. The smallest absolute Gasteiger partial charge is 0.306 e. The third kappa shape index (κ3) is 44.7. The van der Waals surface area contributed by atoms with Gasteiger partial charge in [-0.3, -0.25) is 9.59 Å². The molecule has 0 fully saturated rings. The Morgan fingerprint density at radius 3 is 1.22 bits per heavy atom. The number of rotatable bonds is 49. The zero-order chi connectivity index (χ0) is 47.0. The second-order valence-electron chi connectivity index (χ2n) is 19.5. The Morgan fingerprint density at radius 2 is 0.828 bits per heavy atom. The van der Waals surface area contributed by atoms with Crippen LogP contribution >= 0.6 is 0 Å². The first-order valence-electron chi connectivity index (χ1n) is 27.0. The minimum absolute atomic E-state index is 0.0381. The van der Waals surface area contributed by atoms with Crippen LogP contribution in [0.1, 0.15) is 251 Å². The van der Waals surface area contributed by atoms with E-state index in [4.69, 9.17) is 14.2 Å². The van der Waals surface area contributed by atoms with Gasteiger partial charge in [-0.05, 0) is 70.6 Å². The fraction of sp³-hybridized carbons (Fsp3) is 0.839. The van der Waals surface area contributed by atoms with Gasteiger partial charge in [-0.2, -0.15) is 0 Å². The third-order valence-electron chi connectivity index (χ3n) is 12.2. The van der Waals surface area contributed by atoms with Crippen molar-refractivity contribution in [3.8, 4) is 0 Å². The van der Waals surface area contributed by atoms with Gasteiger partial charge >= 0.3 is 11.9 Å². The van der Waals surface area contributed by atoms with Gasteiger partial charge in [0.2, 0.25) is 0 Å². The van der Waals surface area contributed by atoms with Gasteiger partial charge in [-0.25, -0.2) is 0 Å². The maximum atomic E-state index is 12.8. The highest BCUT2D eigenvalue weighted by Crippen LogP contribution is 2.15. The van der Waals surface area contributed by atoms with Crippen molar-refractivity contribution in [1.29, 1.82) is 0 Å². The summed E-state index contributed by atoms with van der Waals surface area (Å²) in [5.41, 5.74) is 0. The van der Waals surface area contributed by atoms with Crippen LogP contribution in [0.2, 0.25) is 0 Å². The largest absolute Gasteiger partial charge is 0.544 e. The number of allylic oxidation sites excluding steroid dienone is 6. The van der Waals surface area contributed by atoms with Crippen LogP contribution in [-0.4, -0.2) is 75.5 Å². The molecule has 2 unspecified atom stereocenters. The van der Waals surface area contributed by atoms with E-state index in [2.05, 4.69) is 50.3 Å². The number of carbonyl (C=O) groups is 3. The van der Waals surface area contributed by atoms with Crippen LogP contribution in [0.15, 0.2) is 36.5 Å². The number of likely N-dealkylation sites (N-methyl/N-ethyl adjacent to an activating group) is 1. The topological polar surface area (TPSA) is 102 Å². The summed E-state index contributed by atoms with van der Waals surface area (Å²) in [7, 11) is 5.42. The van der Waals surface area contributed by atoms with Crippen molar-refractivity contribution in [3.63, 3.8) is 0 Å². The molecule has 374 valence electrons. The Morgan fingerprint density at radius 1 is 0.469 bits per heavy atom. The monoisotopic (exact) mass is 902 g/mol. The molecule has 64 heavy (non-hydrogen) atoms. The maximum Gasteiger partial charge on any atom is 0.306 e. The first kappa shape index (κ1) is 61.5. The van der Waals surface area contributed by atoms with E-state index in [-0.39, 0.29) is 42.7 Å². The molecule has 0 saturated carbocycles. The van der Waals surface area contributed by atoms with Crippen LogP contribution in [0, 0.1) is 0 Å². The number of hydrogen-bond acceptors (Lipinski definition) is 7. The van der Waals surface area contributed by atoms with Gasteiger partial charge in [0.05, 0.1) is 40.3 Å². The van der Waals surface area contributed by atoms with E-state index in [1.54, 1.807) is 21.1 Å². The number of quaternary nitrogens is 1. The second kappa shape index (κ2) is 47.1. The third-order valence-corrected chi connectivity index (χ3v) is 12.2. The molecule has 0 aliphatic rings. The molecule has 0 rings (SSSR count). The van der Waals surface area contributed by atoms with Gasteiger partial charge in [0.15, 0.2) is 6.10 Å². The molecule has 0 heterocycles. The number of aliphatic carboxylic acids is 1. The molecule has 0 aromatic carbocycles. The summed E-state index contributed by atoms with van der Waals surface area (Å²) in [5.74, 6) is -1.74. The second-order valence-corrected chi connectivity index (χ2v) is 19.5. The minimum atomic E-state index is -1.12. The summed E-state index contributed by atoms with van der Waals surface area (Å²) in [6, 6.07) is -0.728.